The van der Waals surface area contributed by atoms with Gasteiger partial charge in [-0.15, -0.1) is 0 Å². The standard InChI is InChI=1S/C17H36N2OS/c1-3-5-7-8-9-10-11-12-13-15-16(14-6-4-2)21-19-17(18)20/h16H,3-15H2,1-2H3,(H3,18,19,20). The van der Waals surface area contributed by atoms with E-state index < -0.39 is 6.03 Å². The molecule has 0 heterocycles. The molecule has 0 rings (SSSR count). The Morgan fingerprint density at radius 1 is 0.857 bits per heavy atom. The number of carbonyl (C=O) groups excluding carboxylic acids is 1. The quantitative estimate of drug-likeness (QED) is 0.297. The average Bonchev–Trinajstić information content (AvgIpc) is 2.47. The van der Waals surface area contributed by atoms with E-state index in [2.05, 4.69) is 18.6 Å². The predicted octanol–water partition coefficient (Wildman–Crippen LogP) is 5.78. The van der Waals surface area contributed by atoms with Gasteiger partial charge in [-0.25, -0.2) is 4.79 Å². The first-order valence-electron chi connectivity index (χ1n) is 8.91. The highest BCUT2D eigenvalue weighted by atomic mass is 32.2. The average molecular weight is 317 g/mol. The van der Waals surface area contributed by atoms with Gasteiger partial charge < -0.3 is 5.73 Å². The molecular weight excluding hydrogens is 280 g/mol. The number of urea groups is 1. The minimum absolute atomic E-state index is 0.423. The van der Waals surface area contributed by atoms with Gasteiger partial charge in [-0.05, 0) is 24.8 Å². The Kier molecular flexibility index (Phi) is 15.7. The van der Waals surface area contributed by atoms with E-state index in [9.17, 15) is 4.79 Å². The highest BCUT2D eigenvalue weighted by Gasteiger charge is 2.09. The van der Waals surface area contributed by atoms with E-state index in [1.807, 2.05) is 0 Å². The van der Waals surface area contributed by atoms with Crippen LogP contribution in [0.4, 0.5) is 4.79 Å². The topological polar surface area (TPSA) is 55.1 Å². The second-order valence-electron chi connectivity index (χ2n) is 5.97. The number of hydrogen-bond donors (Lipinski definition) is 2. The highest BCUT2D eigenvalue weighted by molar-refractivity contribution is 7.98. The van der Waals surface area contributed by atoms with Gasteiger partial charge in [0.15, 0.2) is 0 Å². The van der Waals surface area contributed by atoms with Crippen molar-refractivity contribution in [2.75, 3.05) is 0 Å². The maximum absolute atomic E-state index is 10.8. The molecule has 1 atom stereocenters. The first-order valence-corrected chi connectivity index (χ1v) is 9.79. The van der Waals surface area contributed by atoms with Gasteiger partial charge in [0.05, 0.1) is 0 Å². The van der Waals surface area contributed by atoms with E-state index in [0.717, 1.165) is 0 Å². The van der Waals surface area contributed by atoms with Crippen molar-refractivity contribution in [3.63, 3.8) is 0 Å². The molecule has 1 unspecified atom stereocenters. The third-order valence-electron chi connectivity index (χ3n) is 3.84. The van der Waals surface area contributed by atoms with Gasteiger partial charge in [-0.1, -0.05) is 84.5 Å². The van der Waals surface area contributed by atoms with Crippen LogP contribution in [-0.4, -0.2) is 11.3 Å². The van der Waals surface area contributed by atoms with Crippen LogP contribution in [0.15, 0.2) is 0 Å². The monoisotopic (exact) mass is 316 g/mol. The first-order chi connectivity index (χ1) is 10.2. The van der Waals surface area contributed by atoms with Gasteiger partial charge in [0, 0.05) is 5.25 Å². The zero-order valence-corrected chi connectivity index (χ0v) is 15.0. The second kappa shape index (κ2) is 16.0. The summed E-state index contributed by atoms with van der Waals surface area (Å²) in [5.41, 5.74) is 5.14. The minimum atomic E-state index is -0.423. The van der Waals surface area contributed by atoms with Gasteiger partial charge in [0.25, 0.3) is 0 Å². The molecule has 0 aromatic rings. The first kappa shape index (κ1) is 20.6. The number of hydrogen-bond acceptors (Lipinski definition) is 2. The number of carbonyl (C=O) groups is 1. The van der Waals surface area contributed by atoms with Crippen molar-refractivity contribution in [1.29, 1.82) is 0 Å². The molecule has 2 amide bonds. The molecule has 0 saturated carbocycles. The lowest BCUT2D eigenvalue weighted by Gasteiger charge is -2.15. The summed E-state index contributed by atoms with van der Waals surface area (Å²) in [5.74, 6) is 0. The number of unbranched alkanes of at least 4 members (excludes halogenated alkanes) is 9. The summed E-state index contributed by atoms with van der Waals surface area (Å²) >= 11 is 1.52. The fraction of sp³-hybridized carbons (Fsp3) is 0.941. The molecule has 0 aromatic carbocycles. The molecule has 0 radical (unpaired) electrons. The second-order valence-corrected chi connectivity index (χ2v) is 7.07. The third kappa shape index (κ3) is 15.8. The van der Waals surface area contributed by atoms with E-state index in [-0.39, 0.29) is 0 Å². The lowest BCUT2D eigenvalue weighted by atomic mass is 10.0. The molecule has 0 aromatic heterocycles. The van der Waals surface area contributed by atoms with E-state index >= 15 is 0 Å². The molecule has 4 heteroatoms. The SMILES string of the molecule is CCCCCCCCCCCC(CCCC)SNC(N)=O. The maximum atomic E-state index is 10.8. The normalized spacial score (nSPS) is 12.3. The Hall–Kier alpha value is -0.380. The van der Waals surface area contributed by atoms with Crippen molar-refractivity contribution >= 4 is 18.0 Å². The van der Waals surface area contributed by atoms with E-state index in [4.69, 9.17) is 5.73 Å². The van der Waals surface area contributed by atoms with Crippen LogP contribution in [0, 0.1) is 0 Å². The van der Waals surface area contributed by atoms with Crippen LogP contribution < -0.4 is 10.5 Å². The van der Waals surface area contributed by atoms with Crippen LogP contribution in [0.2, 0.25) is 0 Å². The smallest absolute Gasteiger partial charge is 0.322 e. The zero-order valence-electron chi connectivity index (χ0n) is 14.2. The number of amides is 2. The minimum Gasteiger partial charge on any atom is -0.351 e. The van der Waals surface area contributed by atoms with Gasteiger partial charge in [0.1, 0.15) is 0 Å². The number of nitrogens with one attached hydrogen (secondary N) is 1. The van der Waals surface area contributed by atoms with Gasteiger partial charge in [-0.2, -0.15) is 0 Å². The largest absolute Gasteiger partial charge is 0.351 e. The lowest BCUT2D eigenvalue weighted by Crippen LogP contribution is -2.25. The molecule has 126 valence electrons. The number of primary amides is 1. The summed E-state index contributed by atoms with van der Waals surface area (Å²) in [7, 11) is 0. The fourth-order valence-corrected chi connectivity index (χ4v) is 3.37. The number of nitrogens with two attached hydrogens (primary N) is 1. The summed E-state index contributed by atoms with van der Waals surface area (Å²) in [6.07, 6.45) is 17.1. The number of rotatable bonds is 15. The Morgan fingerprint density at radius 3 is 1.86 bits per heavy atom. The summed E-state index contributed by atoms with van der Waals surface area (Å²) in [4.78, 5) is 10.8. The molecular formula is C17H36N2OS. The lowest BCUT2D eigenvalue weighted by molar-refractivity contribution is 0.254. The van der Waals surface area contributed by atoms with E-state index in [0.29, 0.717) is 5.25 Å². The van der Waals surface area contributed by atoms with Crippen LogP contribution in [0.3, 0.4) is 0 Å². The Balaban J connectivity index is 3.51. The van der Waals surface area contributed by atoms with Crippen LogP contribution in [0.1, 0.15) is 97.3 Å². The van der Waals surface area contributed by atoms with E-state index in [1.54, 1.807) is 0 Å². The summed E-state index contributed by atoms with van der Waals surface area (Å²) in [6.45, 7) is 4.47. The van der Waals surface area contributed by atoms with Crippen molar-refractivity contribution in [2.45, 2.75) is 103 Å². The third-order valence-corrected chi connectivity index (χ3v) is 4.96. The summed E-state index contributed by atoms with van der Waals surface area (Å²) < 4.78 is 2.69. The molecule has 0 bridgehead atoms. The van der Waals surface area contributed by atoms with Crippen molar-refractivity contribution in [1.82, 2.24) is 4.72 Å². The molecule has 0 saturated heterocycles. The Bertz CT molecular complexity index is 237. The molecule has 0 aliphatic carbocycles. The van der Waals surface area contributed by atoms with E-state index in [1.165, 1.54) is 95.4 Å². The molecule has 3 nitrogen and oxygen atoms in total. The molecule has 0 spiro atoms. The fourth-order valence-electron chi connectivity index (χ4n) is 2.52. The highest BCUT2D eigenvalue weighted by Crippen LogP contribution is 2.21. The van der Waals surface area contributed by atoms with Crippen molar-refractivity contribution in [2.24, 2.45) is 5.73 Å². The van der Waals surface area contributed by atoms with Gasteiger partial charge in [-0.3, -0.25) is 4.72 Å². The van der Waals surface area contributed by atoms with Crippen molar-refractivity contribution in [3.8, 4) is 0 Å². The summed E-state index contributed by atoms with van der Waals surface area (Å²) in [6, 6.07) is -0.423. The zero-order chi connectivity index (χ0) is 15.8. The maximum Gasteiger partial charge on any atom is 0.322 e. The predicted molar refractivity (Wildman–Crippen MR) is 95.5 cm³/mol. The van der Waals surface area contributed by atoms with Crippen LogP contribution >= 0.6 is 11.9 Å². The molecule has 0 aliphatic rings. The molecule has 3 N–H and O–H groups in total. The van der Waals surface area contributed by atoms with Crippen LogP contribution in [-0.2, 0) is 0 Å². The molecule has 21 heavy (non-hydrogen) atoms. The Morgan fingerprint density at radius 2 is 1.33 bits per heavy atom. The van der Waals surface area contributed by atoms with Crippen LogP contribution in [0.25, 0.3) is 0 Å². The van der Waals surface area contributed by atoms with Crippen molar-refractivity contribution < 1.29 is 4.79 Å². The Labute approximate surface area is 136 Å². The molecule has 0 aliphatic heterocycles. The van der Waals surface area contributed by atoms with Gasteiger partial charge >= 0.3 is 6.03 Å². The van der Waals surface area contributed by atoms with Gasteiger partial charge in [0.2, 0.25) is 0 Å². The van der Waals surface area contributed by atoms with Crippen molar-refractivity contribution in [3.05, 3.63) is 0 Å². The summed E-state index contributed by atoms with van der Waals surface area (Å²) in [5, 5.41) is 0.530. The van der Waals surface area contributed by atoms with Crippen LogP contribution in [0.5, 0.6) is 0 Å². The molecule has 0 fully saturated rings.